The van der Waals surface area contributed by atoms with Crippen LogP contribution in [0.3, 0.4) is 0 Å². The zero-order valence-electron chi connectivity index (χ0n) is 11.5. The third kappa shape index (κ3) is 4.42. The minimum atomic E-state index is -3.63. The summed E-state index contributed by atoms with van der Waals surface area (Å²) in [6.07, 6.45) is 4.95. The van der Waals surface area contributed by atoms with Crippen LogP contribution < -0.4 is 4.72 Å². The summed E-state index contributed by atoms with van der Waals surface area (Å²) in [5.74, 6) is -2.06. The molecule has 0 atom stereocenters. The molecular formula is C14H18FNO4S. The van der Waals surface area contributed by atoms with Crippen LogP contribution in [0.25, 0.3) is 0 Å². The topological polar surface area (TPSA) is 83.5 Å². The maximum atomic E-state index is 13.7. The van der Waals surface area contributed by atoms with E-state index in [2.05, 4.69) is 4.72 Å². The van der Waals surface area contributed by atoms with Gasteiger partial charge in [-0.3, -0.25) is 4.72 Å². The highest BCUT2D eigenvalue weighted by Crippen LogP contribution is 2.26. The van der Waals surface area contributed by atoms with Crippen LogP contribution in [0.4, 0.5) is 10.1 Å². The van der Waals surface area contributed by atoms with Gasteiger partial charge < -0.3 is 5.11 Å². The standard InChI is InChI=1S/C14H18FNO4S/c15-12-8-11(14(17)18)6-7-13(12)16-21(19,20)9-10-4-2-1-3-5-10/h6-8,10,16H,1-5,9H2,(H,17,18). The summed E-state index contributed by atoms with van der Waals surface area (Å²) < 4.78 is 40.0. The van der Waals surface area contributed by atoms with Crippen molar-refractivity contribution in [2.45, 2.75) is 32.1 Å². The third-order valence-corrected chi connectivity index (χ3v) is 5.10. The van der Waals surface area contributed by atoms with Crippen LogP contribution in [0.2, 0.25) is 0 Å². The van der Waals surface area contributed by atoms with Crippen molar-refractivity contribution in [2.24, 2.45) is 5.92 Å². The van der Waals surface area contributed by atoms with Gasteiger partial charge in [-0.25, -0.2) is 17.6 Å². The molecule has 0 bridgehead atoms. The molecule has 1 aliphatic rings. The number of hydrogen-bond acceptors (Lipinski definition) is 3. The van der Waals surface area contributed by atoms with Crippen LogP contribution in [0.5, 0.6) is 0 Å². The first-order chi connectivity index (χ1) is 9.87. The summed E-state index contributed by atoms with van der Waals surface area (Å²) in [4.78, 5) is 10.7. The number of nitrogens with one attached hydrogen (secondary N) is 1. The summed E-state index contributed by atoms with van der Waals surface area (Å²) in [7, 11) is -3.63. The quantitative estimate of drug-likeness (QED) is 0.875. The van der Waals surface area contributed by atoms with Gasteiger partial charge in [0, 0.05) is 0 Å². The van der Waals surface area contributed by atoms with Crippen LogP contribution in [0, 0.1) is 11.7 Å². The van der Waals surface area contributed by atoms with E-state index in [1.807, 2.05) is 0 Å². The van der Waals surface area contributed by atoms with Gasteiger partial charge in [0.25, 0.3) is 0 Å². The highest BCUT2D eigenvalue weighted by atomic mass is 32.2. The molecule has 1 fully saturated rings. The zero-order chi connectivity index (χ0) is 15.5. The lowest BCUT2D eigenvalue weighted by atomic mass is 9.91. The summed E-state index contributed by atoms with van der Waals surface area (Å²) >= 11 is 0. The Kier molecular flexibility index (Phi) is 4.82. The van der Waals surface area contributed by atoms with Crippen LogP contribution in [0.1, 0.15) is 42.5 Å². The Morgan fingerprint density at radius 3 is 2.52 bits per heavy atom. The SMILES string of the molecule is O=C(O)c1ccc(NS(=O)(=O)CC2CCCCC2)c(F)c1. The Morgan fingerprint density at radius 2 is 1.95 bits per heavy atom. The number of anilines is 1. The third-order valence-electron chi connectivity index (χ3n) is 3.66. The van der Waals surface area contributed by atoms with Crippen molar-refractivity contribution < 1.29 is 22.7 Å². The molecule has 7 heteroatoms. The number of halogens is 1. The van der Waals surface area contributed by atoms with Crippen molar-refractivity contribution in [1.29, 1.82) is 0 Å². The van der Waals surface area contributed by atoms with Gasteiger partial charge in [0.05, 0.1) is 17.0 Å². The Bertz CT molecular complexity index is 624. The molecule has 5 nitrogen and oxygen atoms in total. The van der Waals surface area contributed by atoms with Gasteiger partial charge in [-0.2, -0.15) is 0 Å². The molecule has 21 heavy (non-hydrogen) atoms. The van der Waals surface area contributed by atoms with Gasteiger partial charge in [0.2, 0.25) is 10.0 Å². The minimum absolute atomic E-state index is 0.0207. The summed E-state index contributed by atoms with van der Waals surface area (Å²) in [6.45, 7) is 0. The molecule has 0 unspecified atom stereocenters. The number of carbonyl (C=O) groups is 1. The van der Waals surface area contributed by atoms with E-state index in [0.29, 0.717) is 0 Å². The molecule has 0 heterocycles. The number of carboxylic acids is 1. The predicted molar refractivity (Wildman–Crippen MR) is 77.3 cm³/mol. The second kappa shape index (κ2) is 6.43. The second-order valence-electron chi connectivity index (χ2n) is 5.39. The average Bonchev–Trinajstić information content (AvgIpc) is 2.41. The molecule has 0 amide bonds. The van der Waals surface area contributed by atoms with Gasteiger partial charge in [0.1, 0.15) is 5.82 Å². The van der Waals surface area contributed by atoms with Crippen LogP contribution in [-0.4, -0.2) is 25.2 Å². The molecule has 1 aliphatic carbocycles. The maximum Gasteiger partial charge on any atom is 0.335 e. The monoisotopic (exact) mass is 315 g/mol. The van der Waals surface area contributed by atoms with Crippen molar-refractivity contribution in [1.82, 2.24) is 0 Å². The number of sulfonamides is 1. The maximum absolute atomic E-state index is 13.7. The number of hydrogen-bond donors (Lipinski definition) is 2. The Balaban J connectivity index is 2.07. The highest BCUT2D eigenvalue weighted by Gasteiger charge is 2.22. The van der Waals surface area contributed by atoms with Gasteiger partial charge in [-0.05, 0) is 37.0 Å². The Hall–Kier alpha value is -1.63. The van der Waals surface area contributed by atoms with Crippen molar-refractivity contribution in [3.8, 4) is 0 Å². The van der Waals surface area contributed by atoms with E-state index in [4.69, 9.17) is 5.11 Å². The second-order valence-corrected chi connectivity index (χ2v) is 7.15. The zero-order valence-corrected chi connectivity index (χ0v) is 12.3. The normalized spacial score (nSPS) is 16.6. The molecule has 0 aliphatic heterocycles. The van der Waals surface area contributed by atoms with E-state index in [1.165, 1.54) is 6.07 Å². The molecular weight excluding hydrogens is 297 g/mol. The molecule has 116 valence electrons. The van der Waals surface area contributed by atoms with E-state index < -0.39 is 21.8 Å². The lowest BCUT2D eigenvalue weighted by Gasteiger charge is -2.21. The minimum Gasteiger partial charge on any atom is -0.478 e. The van der Waals surface area contributed by atoms with Crippen LogP contribution in [-0.2, 0) is 10.0 Å². The van der Waals surface area contributed by atoms with Crippen molar-refractivity contribution in [2.75, 3.05) is 10.5 Å². The first-order valence-corrected chi connectivity index (χ1v) is 8.56. The van der Waals surface area contributed by atoms with Gasteiger partial charge >= 0.3 is 5.97 Å². The molecule has 2 rings (SSSR count). The van der Waals surface area contributed by atoms with Crippen molar-refractivity contribution in [3.05, 3.63) is 29.6 Å². The van der Waals surface area contributed by atoms with E-state index in [9.17, 15) is 17.6 Å². The number of aromatic carboxylic acids is 1. The average molecular weight is 315 g/mol. The number of rotatable bonds is 5. The Morgan fingerprint density at radius 1 is 1.29 bits per heavy atom. The first kappa shape index (κ1) is 15.8. The molecule has 0 radical (unpaired) electrons. The van der Waals surface area contributed by atoms with E-state index in [1.54, 1.807) is 0 Å². The van der Waals surface area contributed by atoms with E-state index in [-0.39, 0.29) is 22.9 Å². The van der Waals surface area contributed by atoms with E-state index >= 15 is 0 Å². The fourth-order valence-corrected chi connectivity index (χ4v) is 4.14. The first-order valence-electron chi connectivity index (χ1n) is 6.91. The fourth-order valence-electron chi connectivity index (χ4n) is 2.60. The van der Waals surface area contributed by atoms with Gasteiger partial charge in [-0.15, -0.1) is 0 Å². The molecule has 2 N–H and O–H groups in total. The molecule has 1 aromatic carbocycles. The van der Waals surface area contributed by atoms with Gasteiger partial charge in [-0.1, -0.05) is 19.3 Å². The molecule has 1 aromatic rings. The molecule has 0 spiro atoms. The highest BCUT2D eigenvalue weighted by molar-refractivity contribution is 7.92. The summed E-state index contributed by atoms with van der Waals surface area (Å²) in [5, 5.41) is 8.74. The predicted octanol–water partition coefficient (Wildman–Crippen LogP) is 2.85. The molecule has 0 saturated heterocycles. The van der Waals surface area contributed by atoms with Crippen molar-refractivity contribution >= 4 is 21.7 Å². The number of carboxylic acid groups (broad SMARTS) is 1. The smallest absolute Gasteiger partial charge is 0.335 e. The summed E-state index contributed by atoms with van der Waals surface area (Å²) in [5.41, 5.74) is -0.432. The Labute approximate surface area is 123 Å². The summed E-state index contributed by atoms with van der Waals surface area (Å²) in [6, 6.07) is 3.11. The fraction of sp³-hybridized carbons (Fsp3) is 0.500. The van der Waals surface area contributed by atoms with E-state index in [0.717, 1.165) is 44.2 Å². The lowest BCUT2D eigenvalue weighted by Crippen LogP contribution is -2.24. The largest absolute Gasteiger partial charge is 0.478 e. The van der Waals surface area contributed by atoms with Gasteiger partial charge in [0.15, 0.2) is 0 Å². The lowest BCUT2D eigenvalue weighted by molar-refractivity contribution is 0.0696. The van der Waals surface area contributed by atoms with Crippen molar-refractivity contribution in [3.63, 3.8) is 0 Å². The molecule has 0 aromatic heterocycles. The number of benzene rings is 1. The van der Waals surface area contributed by atoms with Crippen LogP contribution >= 0.6 is 0 Å². The van der Waals surface area contributed by atoms with Crippen LogP contribution in [0.15, 0.2) is 18.2 Å². The molecule has 1 saturated carbocycles.